The first-order valence-electron chi connectivity index (χ1n) is 8.60. The monoisotopic (exact) mass is 362 g/mol. The van der Waals surface area contributed by atoms with Gasteiger partial charge < -0.3 is 4.90 Å². The molecule has 1 heterocycles. The first-order chi connectivity index (χ1) is 12.0. The fourth-order valence-electron chi connectivity index (χ4n) is 3.07. The third-order valence-electron chi connectivity index (χ3n) is 4.48. The number of anilines is 2. The molecular weight excluding hydrogens is 339 g/mol. The summed E-state index contributed by atoms with van der Waals surface area (Å²) in [5.41, 5.74) is 1.75. The predicted molar refractivity (Wildman–Crippen MR) is 99.1 cm³/mol. The van der Waals surface area contributed by atoms with Crippen molar-refractivity contribution >= 4 is 21.4 Å². The topological polar surface area (TPSA) is 49.4 Å². The maximum Gasteiger partial charge on any atom is 0.261 e. The maximum atomic E-state index is 14.5. The Morgan fingerprint density at radius 1 is 0.960 bits per heavy atom. The van der Waals surface area contributed by atoms with Crippen LogP contribution in [0.3, 0.4) is 0 Å². The minimum atomic E-state index is -3.72. The molecule has 4 nitrogen and oxygen atoms in total. The number of rotatable bonds is 4. The zero-order valence-electron chi connectivity index (χ0n) is 14.3. The molecule has 2 aromatic carbocycles. The van der Waals surface area contributed by atoms with Gasteiger partial charge in [-0.1, -0.05) is 30.5 Å². The zero-order chi connectivity index (χ0) is 17.9. The fraction of sp³-hybridized carbons (Fsp3) is 0.368. The van der Waals surface area contributed by atoms with Crippen LogP contribution in [0.5, 0.6) is 0 Å². The SMILES string of the molecule is Cc1ccc(S(=O)(=O)Nc2ccc(N3CCCCCC3)c(F)c2)cc1. The molecule has 0 amide bonds. The molecule has 0 aliphatic carbocycles. The summed E-state index contributed by atoms with van der Waals surface area (Å²) in [6.07, 6.45) is 4.46. The van der Waals surface area contributed by atoms with Crippen LogP contribution in [0.25, 0.3) is 0 Å². The second-order valence-electron chi connectivity index (χ2n) is 6.49. The molecule has 6 heteroatoms. The number of nitrogens with zero attached hydrogens (tertiary/aromatic N) is 1. The van der Waals surface area contributed by atoms with Crippen LogP contribution in [0.4, 0.5) is 15.8 Å². The Hall–Kier alpha value is -2.08. The summed E-state index contributed by atoms with van der Waals surface area (Å²) < 4.78 is 41.8. The third kappa shape index (κ3) is 4.31. The molecule has 1 aliphatic heterocycles. The van der Waals surface area contributed by atoms with Crippen LogP contribution in [0.15, 0.2) is 47.4 Å². The van der Waals surface area contributed by atoms with Crippen LogP contribution in [-0.4, -0.2) is 21.5 Å². The van der Waals surface area contributed by atoms with Gasteiger partial charge in [-0.15, -0.1) is 0 Å². The van der Waals surface area contributed by atoms with E-state index in [-0.39, 0.29) is 10.6 Å². The summed E-state index contributed by atoms with van der Waals surface area (Å²) in [5, 5.41) is 0. The van der Waals surface area contributed by atoms with Crippen molar-refractivity contribution < 1.29 is 12.8 Å². The van der Waals surface area contributed by atoms with E-state index in [4.69, 9.17) is 0 Å². The van der Waals surface area contributed by atoms with Crippen molar-refractivity contribution in [2.45, 2.75) is 37.5 Å². The Labute approximate surface area is 148 Å². The van der Waals surface area contributed by atoms with Gasteiger partial charge in [0, 0.05) is 19.2 Å². The molecule has 0 atom stereocenters. The van der Waals surface area contributed by atoms with Crippen LogP contribution in [0.2, 0.25) is 0 Å². The average molecular weight is 362 g/mol. The molecule has 0 radical (unpaired) electrons. The predicted octanol–water partition coefficient (Wildman–Crippen LogP) is 4.32. The summed E-state index contributed by atoms with van der Waals surface area (Å²) >= 11 is 0. The molecule has 2 aromatic rings. The number of hydrogen-bond donors (Lipinski definition) is 1. The van der Waals surface area contributed by atoms with E-state index >= 15 is 0 Å². The molecule has 1 fully saturated rings. The lowest BCUT2D eigenvalue weighted by Gasteiger charge is -2.23. The third-order valence-corrected chi connectivity index (χ3v) is 5.88. The second-order valence-corrected chi connectivity index (χ2v) is 8.17. The molecule has 0 unspecified atom stereocenters. The summed E-state index contributed by atoms with van der Waals surface area (Å²) in [5.74, 6) is -0.397. The van der Waals surface area contributed by atoms with Gasteiger partial charge in [0.1, 0.15) is 5.82 Å². The highest BCUT2D eigenvalue weighted by molar-refractivity contribution is 7.92. The molecule has 0 spiro atoms. The van der Waals surface area contributed by atoms with Crippen molar-refractivity contribution in [3.63, 3.8) is 0 Å². The van der Waals surface area contributed by atoms with Gasteiger partial charge in [0.05, 0.1) is 16.3 Å². The van der Waals surface area contributed by atoms with E-state index in [0.717, 1.165) is 31.5 Å². The maximum absolute atomic E-state index is 14.5. The van der Waals surface area contributed by atoms with Crippen molar-refractivity contribution in [1.29, 1.82) is 0 Å². The van der Waals surface area contributed by atoms with Crippen LogP contribution in [-0.2, 0) is 10.0 Å². The van der Waals surface area contributed by atoms with Crippen molar-refractivity contribution in [2.24, 2.45) is 0 Å². The van der Waals surface area contributed by atoms with Gasteiger partial charge in [-0.25, -0.2) is 12.8 Å². The Morgan fingerprint density at radius 2 is 1.60 bits per heavy atom. The van der Waals surface area contributed by atoms with Crippen LogP contribution in [0, 0.1) is 12.7 Å². The first kappa shape index (κ1) is 17.7. The van der Waals surface area contributed by atoms with E-state index in [2.05, 4.69) is 4.72 Å². The Bertz CT molecular complexity index is 827. The molecule has 1 N–H and O–H groups in total. The lowest BCUT2D eigenvalue weighted by Crippen LogP contribution is -2.25. The van der Waals surface area contributed by atoms with E-state index in [1.807, 2.05) is 11.8 Å². The summed E-state index contributed by atoms with van der Waals surface area (Å²) in [6.45, 7) is 3.57. The van der Waals surface area contributed by atoms with Crippen molar-refractivity contribution in [3.8, 4) is 0 Å². The first-order valence-corrected chi connectivity index (χ1v) is 10.1. The average Bonchev–Trinajstić information content (AvgIpc) is 2.84. The number of hydrogen-bond acceptors (Lipinski definition) is 3. The normalized spacial score (nSPS) is 15.7. The number of sulfonamides is 1. The van der Waals surface area contributed by atoms with E-state index in [9.17, 15) is 12.8 Å². The summed E-state index contributed by atoms with van der Waals surface area (Å²) in [6, 6.07) is 11.1. The highest BCUT2D eigenvalue weighted by atomic mass is 32.2. The Morgan fingerprint density at radius 3 is 2.20 bits per heavy atom. The van der Waals surface area contributed by atoms with Gasteiger partial charge in [0.25, 0.3) is 10.0 Å². The van der Waals surface area contributed by atoms with Gasteiger partial charge in [-0.3, -0.25) is 4.72 Å². The fourth-order valence-corrected chi connectivity index (χ4v) is 4.12. The van der Waals surface area contributed by atoms with Gasteiger partial charge in [0.2, 0.25) is 0 Å². The van der Waals surface area contributed by atoms with Gasteiger partial charge in [-0.2, -0.15) is 0 Å². The second kappa shape index (κ2) is 7.44. The molecule has 1 aliphatic rings. The molecule has 0 aromatic heterocycles. The van der Waals surface area contributed by atoms with Crippen molar-refractivity contribution in [2.75, 3.05) is 22.7 Å². The minimum absolute atomic E-state index is 0.162. The number of aryl methyl sites for hydroxylation is 1. The lowest BCUT2D eigenvalue weighted by molar-refractivity contribution is 0.601. The molecule has 1 saturated heterocycles. The van der Waals surface area contributed by atoms with Crippen molar-refractivity contribution in [3.05, 3.63) is 53.8 Å². The molecular formula is C19H23FN2O2S. The van der Waals surface area contributed by atoms with Crippen LogP contribution < -0.4 is 9.62 Å². The molecule has 134 valence electrons. The molecule has 0 saturated carbocycles. The van der Waals surface area contributed by atoms with Crippen LogP contribution in [0.1, 0.15) is 31.2 Å². The van der Waals surface area contributed by atoms with E-state index in [1.54, 1.807) is 36.4 Å². The number of halogens is 1. The summed E-state index contributed by atoms with van der Waals surface area (Å²) in [7, 11) is -3.72. The zero-order valence-corrected chi connectivity index (χ0v) is 15.2. The van der Waals surface area contributed by atoms with Gasteiger partial charge in [0.15, 0.2) is 0 Å². The Kier molecular flexibility index (Phi) is 5.27. The Balaban J connectivity index is 1.79. The lowest BCUT2D eigenvalue weighted by atomic mass is 10.2. The van der Waals surface area contributed by atoms with E-state index < -0.39 is 15.8 Å². The smallest absolute Gasteiger partial charge is 0.261 e. The molecule has 0 bridgehead atoms. The van der Waals surface area contributed by atoms with E-state index in [1.165, 1.54) is 18.9 Å². The number of benzene rings is 2. The van der Waals surface area contributed by atoms with Crippen molar-refractivity contribution in [1.82, 2.24) is 0 Å². The number of nitrogens with one attached hydrogen (secondary N) is 1. The summed E-state index contributed by atoms with van der Waals surface area (Å²) in [4.78, 5) is 2.20. The van der Waals surface area contributed by atoms with Crippen LogP contribution >= 0.6 is 0 Å². The quantitative estimate of drug-likeness (QED) is 0.881. The minimum Gasteiger partial charge on any atom is -0.369 e. The van der Waals surface area contributed by atoms with Gasteiger partial charge >= 0.3 is 0 Å². The van der Waals surface area contributed by atoms with E-state index in [0.29, 0.717) is 5.69 Å². The highest BCUT2D eigenvalue weighted by Gasteiger charge is 2.17. The molecule has 25 heavy (non-hydrogen) atoms. The standard InChI is InChI=1S/C19H23FN2O2S/c1-15-6-9-17(10-7-15)25(23,24)21-16-8-11-19(18(20)14-16)22-12-4-2-3-5-13-22/h6-11,14,21H,2-5,12-13H2,1H3. The highest BCUT2D eigenvalue weighted by Crippen LogP contribution is 2.26. The van der Waals surface area contributed by atoms with Gasteiger partial charge in [-0.05, 0) is 44.0 Å². The largest absolute Gasteiger partial charge is 0.369 e. The molecule has 3 rings (SSSR count).